The van der Waals surface area contributed by atoms with Crippen molar-refractivity contribution in [1.82, 2.24) is 4.90 Å². The Morgan fingerprint density at radius 1 is 1.22 bits per heavy atom. The van der Waals surface area contributed by atoms with Gasteiger partial charge in [-0.1, -0.05) is 20.3 Å². The van der Waals surface area contributed by atoms with Crippen molar-refractivity contribution in [3.8, 4) is 0 Å². The zero-order chi connectivity index (χ0) is 13.3. The summed E-state index contributed by atoms with van der Waals surface area (Å²) < 4.78 is 0. The monoisotopic (exact) mass is 246 g/mol. The third kappa shape index (κ3) is 2.10. The molecule has 0 aromatic heterocycles. The van der Waals surface area contributed by atoms with E-state index in [-0.39, 0.29) is 11.8 Å². The lowest BCUT2D eigenvalue weighted by Gasteiger charge is -2.18. The molecule has 2 N–H and O–H groups in total. The van der Waals surface area contributed by atoms with E-state index in [9.17, 15) is 9.59 Å². The summed E-state index contributed by atoms with van der Waals surface area (Å²) in [7, 11) is 0. The number of nitrogens with two attached hydrogens (primary N) is 1. The number of imide groups is 1. The highest BCUT2D eigenvalue weighted by Gasteiger charge is 2.35. The molecule has 0 saturated heterocycles. The molecule has 1 unspecified atom stereocenters. The van der Waals surface area contributed by atoms with Gasteiger partial charge in [-0.25, -0.2) is 0 Å². The van der Waals surface area contributed by atoms with Crippen LogP contribution in [0.25, 0.3) is 0 Å². The second-order valence-corrected chi connectivity index (χ2v) is 4.92. The maximum Gasteiger partial charge on any atom is 0.261 e. The molecule has 18 heavy (non-hydrogen) atoms. The van der Waals surface area contributed by atoms with Gasteiger partial charge in [0, 0.05) is 12.2 Å². The van der Waals surface area contributed by atoms with Crippen molar-refractivity contribution >= 4 is 17.5 Å². The van der Waals surface area contributed by atoms with E-state index in [1.165, 1.54) is 4.90 Å². The van der Waals surface area contributed by atoms with Gasteiger partial charge in [0.1, 0.15) is 0 Å². The first kappa shape index (κ1) is 12.6. The fourth-order valence-corrected chi connectivity index (χ4v) is 2.37. The van der Waals surface area contributed by atoms with E-state index in [0.29, 0.717) is 29.3 Å². The van der Waals surface area contributed by atoms with Crippen LogP contribution in [0, 0.1) is 5.92 Å². The van der Waals surface area contributed by atoms with E-state index < -0.39 is 0 Å². The summed E-state index contributed by atoms with van der Waals surface area (Å²) in [6, 6.07) is 4.87. The van der Waals surface area contributed by atoms with E-state index in [0.717, 1.165) is 12.8 Å². The third-order valence-electron chi connectivity index (χ3n) is 3.27. The molecule has 1 atom stereocenters. The van der Waals surface area contributed by atoms with Crippen molar-refractivity contribution in [2.45, 2.75) is 26.7 Å². The highest BCUT2D eigenvalue weighted by Crippen LogP contribution is 2.26. The van der Waals surface area contributed by atoms with E-state index in [1.807, 2.05) is 0 Å². The van der Waals surface area contributed by atoms with Crippen LogP contribution in [-0.2, 0) is 0 Å². The van der Waals surface area contributed by atoms with E-state index >= 15 is 0 Å². The van der Waals surface area contributed by atoms with Crippen molar-refractivity contribution in [3.63, 3.8) is 0 Å². The van der Waals surface area contributed by atoms with Crippen LogP contribution in [0.4, 0.5) is 5.69 Å². The first-order valence-corrected chi connectivity index (χ1v) is 6.30. The Morgan fingerprint density at radius 3 is 2.56 bits per heavy atom. The van der Waals surface area contributed by atoms with Gasteiger partial charge < -0.3 is 5.73 Å². The Hall–Kier alpha value is -1.84. The van der Waals surface area contributed by atoms with E-state index in [4.69, 9.17) is 5.73 Å². The molecule has 1 aliphatic heterocycles. The Balaban J connectivity index is 2.23. The second kappa shape index (κ2) is 4.80. The lowest BCUT2D eigenvalue weighted by Crippen LogP contribution is -2.33. The van der Waals surface area contributed by atoms with Gasteiger partial charge in [-0.05, 0) is 30.5 Å². The molecule has 0 saturated carbocycles. The average molecular weight is 246 g/mol. The normalized spacial score (nSPS) is 16.0. The van der Waals surface area contributed by atoms with Crippen LogP contribution < -0.4 is 5.73 Å². The van der Waals surface area contributed by atoms with E-state index in [2.05, 4.69) is 13.8 Å². The summed E-state index contributed by atoms with van der Waals surface area (Å²) in [4.78, 5) is 25.6. The number of benzene rings is 1. The van der Waals surface area contributed by atoms with Gasteiger partial charge in [0.15, 0.2) is 0 Å². The zero-order valence-electron chi connectivity index (χ0n) is 10.8. The van der Waals surface area contributed by atoms with Crippen molar-refractivity contribution in [1.29, 1.82) is 0 Å². The van der Waals surface area contributed by atoms with Gasteiger partial charge in [0.2, 0.25) is 0 Å². The van der Waals surface area contributed by atoms with Gasteiger partial charge in [-0.15, -0.1) is 0 Å². The number of anilines is 1. The quantitative estimate of drug-likeness (QED) is 0.655. The van der Waals surface area contributed by atoms with Gasteiger partial charge in [0.25, 0.3) is 11.8 Å². The van der Waals surface area contributed by atoms with Crippen LogP contribution in [0.2, 0.25) is 0 Å². The molecule has 1 aromatic rings. The first-order valence-electron chi connectivity index (χ1n) is 6.30. The van der Waals surface area contributed by atoms with Gasteiger partial charge >= 0.3 is 0 Å². The number of carbonyl (C=O) groups excluding carboxylic acids is 2. The van der Waals surface area contributed by atoms with Crippen LogP contribution in [0.3, 0.4) is 0 Å². The largest absolute Gasteiger partial charge is 0.399 e. The topological polar surface area (TPSA) is 63.4 Å². The van der Waals surface area contributed by atoms with Crippen molar-refractivity contribution < 1.29 is 9.59 Å². The number of hydrogen-bond acceptors (Lipinski definition) is 3. The SMILES string of the molecule is CCCC(C)CN1C(=O)c2ccc(N)cc2C1=O. The molecule has 0 bridgehead atoms. The van der Waals surface area contributed by atoms with Gasteiger partial charge in [0.05, 0.1) is 11.1 Å². The van der Waals surface area contributed by atoms with Crippen LogP contribution in [0.5, 0.6) is 0 Å². The molecule has 2 amide bonds. The number of fused-ring (bicyclic) bond motifs is 1. The van der Waals surface area contributed by atoms with Crippen LogP contribution in [0.1, 0.15) is 47.4 Å². The van der Waals surface area contributed by atoms with Crippen LogP contribution in [-0.4, -0.2) is 23.3 Å². The maximum atomic E-state index is 12.1. The Kier molecular flexibility index (Phi) is 3.36. The second-order valence-electron chi connectivity index (χ2n) is 4.92. The molecular formula is C14H18N2O2. The molecular weight excluding hydrogens is 228 g/mol. The summed E-state index contributed by atoms with van der Waals surface area (Å²) in [5.74, 6) is -0.0854. The number of rotatable bonds is 4. The number of amides is 2. The third-order valence-corrected chi connectivity index (χ3v) is 3.27. The predicted molar refractivity (Wildman–Crippen MR) is 70.3 cm³/mol. The average Bonchev–Trinajstić information content (AvgIpc) is 2.55. The number of nitrogen functional groups attached to an aromatic ring is 1. The number of nitrogens with zero attached hydrogens (tertiary/aromatic N) is 1. The van der Waals surface area contributed by atoms with Crippen LogP contribution in [0.15, 0.2) is 18.2 Å². The Bertz CT molecular complexity index is 497. The highest BCUT2D eigenvalue weighted by molar-refractivity contribution is 6.21. The number of carbonyl (C=O) groups is 2. The van der Waals surface area contributed by atoms with Crippen molar-refractivity contribution in [3.05, 3.63) is 29.3 Å². The molecule has 0 fully saturated rings. The van der Waals surface area contributed by atoms with E-state index in [1.54, 1.807) is 18.2 Å². The molecule has 0 aliphatic carbocycles. The lowest BCUT2D eigenvalue weighted by molar-refractivity contribution is 0.0630. The minimum absolute atomic E-state index is 0.196. The molecule has 1 heterocycles. The molecule has 0 radical (unpaired) electrons. The smallest absolute Gasteiger partial charge is 0.261 e. The Morgan fingerprint density at radius 2 is 1.89 bits per heavy atom. The van der Waals surface area contributed by atoms with Gasteiger partial charge in [-0.3, -0.25) is 14.5 Å². The summed E-state index contributed by atoms with van der Waals surface area (Å²) in [6.45, 7) is 4.64. The molecule has 0 spiro atoms. The Labute approximate surface area is 107 Å². The number of hydrogen-bond donors (Lipinski definition) is 1. The summed E-state index contributed by atoms with van der Waals surface area (Å²) in [5, 5.41) is 0. The van der Waals surface area contributed by atoms with Crippen molar-refractivity contribution in [2.75, 3.05) is 12.3 Å². The maximum absolute atomic E-state index is 12.1. The summed E-state index contributed by atoms with van der Waals surface area (Å²) in [6.07, 6.45) is 2.06. The zero-order valence-corrected chi connectivity index (χ0v) is 10.8. The van der Waals surface area contributed by atoms with Crippen LogP contribution >= 0.6 is 0 Å². The standard InChI is InChI=1S/C14H18N2O2/c1-3-4-9(2)8-16-13(17)11-6-5-10(15)7-12(11)14(16)18/h5-7,9H,3-4,8,15H2,1-2H3. The van der Waals surface area contributed by atoms with Gasteiger partial charge in [-0.2, -0.15) is 0 Å². The predicted octanol–water partition coefficient (Wildman–Crippen LogP) is 2.30. The summed E-state index contributed by atoms with van der Waals surface area (Å²) >= 11 is 0. The molecule has 1 aromatic carbocycles. The molecule has 2 rings (SSSR count). The summed E-state index contributed by atoms with van der Waals surface area (Å²) in [5.41, 5.74) is 7.07. The first-order chi connectivity index (χ1) is 8.54. The fourth-order valence-electron chi connectivity index (χ4n) is 2.37. The minimum atomic E-state index is -0.217. The lowest BCUT2D eigenvalue weighted by atomic mass is 10.1. The highest BCUT2D eigenvalue weighted by atomic mass is 16.2. The minimum Gasteiger partial charge on any atom is -0.399 e. The fraction of sp³-hybridized carbons (Fsp3) is 0.429. The van der Waals surface area contributed by atoms with Crippen molar-refractivity contribution in [2.24, 2.45) is 5.92 Å². The molecule has 4 nitrogen and oxygen atoms in total. The molecule has 4 heteroatoms. The molecule has 96 valence electrons. The molecule has 1 aliphatic rings.